The van der Waals surface area contributed by atoms with E-state index in [-0.39, 0.29) is 27.9 Å². The van der Waals surface area contributed by atoms with Gasteiger partial charge in [-0.05, 0) is 44.1 Å². The van der Waals surface area contributed by atoms with E-state index in [0.717, 1.165) is 13.0 Å². The zero-order valence-corrected chi connectivity index (χ0v) is 13.9. The first-order valence-electron chi connectivity index (χ1n) is 6.33. The van der Waals surface area contributed by atoms with Crippen LogP contribution in [0, 0.1) is 17.2 Å². The van der Waals surface area contributed by atoms with E-state index in [0.29, 0.717) is 19.0 Å². The van der Waals surface area contributed by atoms with Crippen LogP contribution in [-0.2, 0) is 10.0 Å². The molecule has 0 aromatic heterocycles. The lowest BCUT2D eigenvalue weighted by Crippen LogP contribution is -2.30. The number of hydrogen-bond acceptors (Lipinski definition) is 4. The summed E-state index contributed by atoms with van der Waals surface area (Å²) in [5.74, 6) is 0.331. The quantitative estimate of drug-likeness (QED) is 0.900. The maximum absolute atomic E-state index is 12.5. The molecule has 5 nitrogen and oxygen atoms in total. The third-order valence-electron chi connectivity index (χ3n) is 3.44. The van der Waals surface area contributed by atoms with Gasteiger partial charge in [0, 0.05) is 13.1 Å². The topological polar surface area (TPSA) is 73.2 Å². The van der Waals surface area contributed by atoms with Crippen molar-refractivity contribution in [3.8, 4) is 6.07 Å². The Morgan fingerprint density at radius 1 is 1.52 bits per heavy atom. The van der Waals surface area contributed by atoms with Crippen LogP contribution in [0.4, 0.5) is 0 Å². The maximum atomic E-state index is 12.5. The van der Waals surface area contributed by atoms with E-state index in [9.17, 15) is 8.42 Å². The van der Waals surface area contributed by atoms with Crippen LogP contribution in [0.1, 0.15) is 12.0 Å². The lowest BCUT2D eigenvalue weighted by molar-refractivity contribution is 0.451. The number of sulfonamides is 1. The van der Waals surface area contributed by atoms with Gasteiger partial charge in [-0.2, -0.15) is 9.57 Å². The number of nitrogens with one attached hydrogen (secondary N) is 1. The van der Waals surface area contributed by atoms with E-state index < -0.39 is 10.0 Å². The molecule has 1 aliphatic rings. The molecule has 0 amide bonds. The Labute approximate surface area is 136 Å². The molecule has 1 heterocycles. The minimum atomic E-state index is -3.54. The van der Waals surface area contributed by atoms with E-state index in [1.165, 1.54) is 22.5 Å². The highest BCUT2D eigenvalue weighted by Crippen LogP contribution is 2.26. The molecular formula is C13H17Cl2N3O2S. The van der Waals surface area contributed by atoms with Gasteiger partial charge in [-0.25, -0.2) is 8.42 Å². The molecule has 1 aromatic rings. The normalized spacial score (nSPS) is 19.0. The molecule has 21 heavy (non-hydrogen) atoms. The Morgan fingerprint density at radius 2 is 2.24 bits per heavy atom. The van der Waals surface area contributed by atoms with Gasteiger partial charge in [0.25, 0.3) is 0 Å². The van der Waals surface area contributed by atoms with E-state index in [4.69, 9.17) is 16.9 Å². The Hall–Kier alpha value is -0.840. The third kappa shape index (κ3) is 3.87. The average Bonchev–Trinajstić information content (AvgIpc) is 2.89. The lowest BCUT2D eigenvalue weighted by Gasteiger charge is -2.17. The number of nitriles is 1. The average molecular weight is 350 g/mol. The minimum Gasteiger partial charge on any atom is -0.319 e. The van der Waals surface area contributed by atoms with Crippen LogP contribution in [0.25, 0.3) is 0 Å². The molecule has 0 aliphatic carbocycles. The van der Waals surface area contributed by atoms with E-state index in [1.54, 1.807) is 0 Å². The Morgan fingerprint density at radius 3 is 2.86 bits per heavy atom. The van der Waals surface area contributed by atoms with Crippen LogP contribution in [0.15, 0.2) is 23.1 Å². The van der Waals surface area contributed by atoms with Crippen molar-refractivity contribution in [2.45, 2.75) is 11.3 Å². The summed E-state index contributed by atoms with van der Waals surface area (Å²) < 4.78 is 26.5. The standard InChI is InChI=1S/C13H16ClN3O2S.ClH/c1-16-8-10-4-5-17(9-10)20(18,19)12-2-3-13(14)11(6-12)7-15;/h2-3,6,10,16H,4-5,8-9H2,1H3;1H. The predicted molar refractivity (Wildman–Crippen MR) is 84.2 cm³/mol. The first-order chi connectivity index (χ1) is 9.48. The van der Waals surface area contributed by atoms with Gasteiger partial charge in [0.15, 0.2) is 0 Å². The summed E-state index contributed by atoms with van der Waals surface area (Å²) in [6.07, 6.45) is 0.846. The van der Waals surface area contributed by atoms with Crippen LogP contribution in [0.5, 0.6) is 0 Å². The molecule has 1 saturated heterocycles. The van der Waals surface area contributed by atoms with Crippen LogP contribution < -0.4 is 5.32 Å². The summed E-state index contributed by atoms with van der Waals surface area (Å²) in [6.45, 7) is 1.82. The summed E-state index contributed by atoms with van der Waals surface area (Å²) in [7, 11) is -1.69. The molecule has 116 valence electrons. The summed E-state index contributed by atoms with van der Waals surface area (Å²) in [4.78, 5) is 0.128. The molecule has 8 heteroatoms. The first kappa shape index (κ1) is 18.2. The predicted octanol–water partition coefficient (Wildman–Crippen LogP) is 1.86. The number of hydrogen-bond donors (Lipinski definition) is 1. The van der Waals surface area contributed by atoms with Gasteiger partial charge in [-0.15, -0.1) is 12.4 Å². The van der Waals surface area contributed by atoms with Crippen LogP contribution in [0.3, 0.4) is 0 Å². The Balaban J connectivity index is 0.00000220. The highest BCUT2D eigenvalue weighted by Gasteiger charge is 2.32. The fourth-order valence-corrected chi connectivity index (χ4v) is 4.09. The largest absolute Gasteiger partial charge is 0.319 e. The maximum Gasteiger partial charge on any atom is 0.243 e. The number of benzene rings is 1. The first-order valence-corrected chi connectivity index (χ1v) is 8.15. The summed E-state index contributed by atoms with van der Waals surface area (Å²) >= 11 is 5.83. The number of nitrogens with zero attached hydrogens (tertiary/aromatic N) is 2. The van der Waals surface area contributed by atoms with Gasteiger partial charge in [-0.3, -0.25) is 0 Å². The molecular weight excluding hydrogens is 333 g/mol. The SMILES string of the molecule is CNCC1CCN(S(=O)(=O)c2ccc(Cl)c(C#N)c2)C1.Cl. The molecule has 1 aliphatic heterocycles. The second-order valence-electron chi connectivity index (χ2n) is 4.83. The smallest absolute Gasteiger partial charge is 0.243 e. The second kappa shape index (κ2) is 7.43. The molecule has 1 aromatic carbocycles. The molecule has 1 fully saturated rings. The highest BCUT2D eigenvalue weighted by atomic mass is 35.5. The van der Waals surface area contributed by atoms with Crippen LogP contribution in [0.2, 0.25) is 5.02 Å². The fourth-order valence-electron chi connectivity index (χ4n) is 2.37. The van der Waals surface area contributed by atoms with Gasteiger partial charge < -0.3 is 5.32 Å². The van der Waals surface area contributed by atoms with Crippen LogP contribution >= 0.6 is 24.0 Å². The Bertz CT molecular complexity index is 643. The molecule has 0 spiro atoms. The summed E-state index contributed by atoms with van der Waals surface area (Å²) in [5, 5.41) is 12.3. The van der Waals surface area contributed by atoms with Gasteiger partial charge in [0.05, 0.1) is 15.5 Å². The van der Waals surface area contributed by atoms with Gasteiger partial charge in [0.1, 0.15) is 6.07 Å². The third-order valence-corrected chi connectivity index (χ3v) is 5.63. The monoisotopic (exact) mass is 349 g/mol. The molecule has 0 radical (unpaired) electrons. The van der Waals surface area contributed by atoms with E-state index >= 15 is 0 Å². The van der Waals surface area contributed by atoms with Crippen molar-refractivity contribution in [3.63, 3.8) is 0 Å². The van der Waals surface area contributed by atoms with Crippen molar-refractivity contribution in [2.75, 3.05) is 26.7 Å². The van der Waals surface area contributed by atoms with Crippen molar-refractivity contribution >= 4 is 34.0 Å². The molecule has 1 unspecified atom stereocenters. The van der Waals surface area contributed by atoms with Gasteiger partial charge in [-0.1, -0.05) is 11.6 Å². The number of halogens is 2. The van der Waals surface area contributed by atoms with E-state index in [2.05, 4.69) is 5.32 Å². The second-order valence-corrected chi connectivity index (χ2v) is 7.17. The summed E-state index contributed by atoms with van der Waals surface area (Å²) in [6, 6.07) is 6.14. The Kier molecular flexibility index (Phi) is 6.44. The molecule has 1 N–H and O–H groups in total. The van der Waals surface area contributed by atoms with E-state index in [1.807, 2.05) is 13.1 Å². The molecule has 0 saturated carbocycles. The number of rotatable bonds is 4. The molecule has 0 bridgehead atoms. The lowest BCUT2D eigenvalue weighted by atomic mass is 10.1. The van der Waals surface area contributed by atoms with Gasteiger partial charge >= 0.3 is 0 Å². The van der Waals surface area contributed by atoms with Crippen molar-refractivity contribution in [2.24, 2.45) is 5.92 Å². The summed E-state index contributed by atoms with van der Waals surface area (Å²) in [5.41, 5.74) is 0.179. The molecule has 1 atom stereocenters. The van der Waals surface area contributed by atoms with Crippen molar-refractivity contribution in [3.05, 3.63) is 28.8 Å². The highest BCUT2D eigenvalue weighted by molar-refractivity contribution is 7.89. The zero-order chi connectivity index (χ0) is 14.8. The van der Waals surface area contributed by atoms with Crippen molar-refractivity contribution in [1.82, 2.24) is 9.62 Å². The molecule has 2 rings (SSSR count). The zero-order valence-electron chi connectivity index (χ0n) is 11.5. The van der Waals surface area contributed by atoms with Crippen molar-refractivity contribution in [1.29, 1.82) is 5.26 Å². The van der Waals surface area contributed by atoms with Gasteiger partial charge in [0.2, 0.25) is 10.0 Å². The van der Waals surface area contributed by atoms with Crippen LogP contribution in [-0.4, -0.2) is 39.4 Å². The fraction of sp³-hybridized carbons (Fsp3) is 0.462. The minimum absolute atomic E-state index is 0. The van der Waals surface area contributed by atoms with Crippen molar-refractivity contribution < 1.29 is 8.42 Å².